The van der Waals surface area contributed by atoms with Crippen LogP contribution in [0.1, 0.15) is 36.5 Å². The van der Waals surface area contributed by atoms with Gasteiger partial charge in [0.05, 0.1) is 11.4 Å². The summed E-state index contributed by atoms with van der Waals surface area (Å²) in [7, 11) is 0. The van der Waals surface area contributed by atoms with E-state index in [0.717, 1.165) is 22.0 Å². The van der Waals surface area contributed by atoms with Gasteiger partial charge in [0.25, 0.3) is 0 Å². The van der Waals surface area contributed by atoms with Crippen LogP contribution in [-0.4, -0.2) is 10.8 Å². The number of ether oxygens (including phenoxy) is 1. The van der Waals surface area contributed by atoms with Gasteiger partial charge < -0.3 is 10.5 Å². The molecule has 0 radical (unpaired) electrons. The number of fused-ring (bicyclic) bond motifs is 1. The number of carbonyl (C=O) groups excluding carboxylic acids is 1. The molecule has 132 valence electrons. The number of halogens is 1. The highest BCUT2D eigenvalue weighted by molar-refractivity contribution is 6.31. The number of pyridine rings is 1. The van der Waals surface area contributed by atoms with Crippen molar-refractivity contribution in [3.05, 3.63) is 62.8 Å². The number of aryl methyl sites for hydroxylation is 2. The largest absolute Gasteiger partial charge is 0.445 e. The van der Waals surface area contributed by atoms with Gasteiger partial charge in [0, 0.05) is 16.5 Å². The maximum Gasteiger partial charge on any atom is 0.205 e. The van der Waals surface area contributed by atoms with Crippen LogP contribution in [0.4, 0.5) is 0 Å². The number of nitrogens with two attached hydrogens (primary N) is 1. The number of allylic oxidation sites excluding steroid dienone is 3. The van der Waals surface area contributed by atoms with E-state index in [4.69, 9.17) is 22.1 Å². The molecule has 0 saturated heterocycles. The Labute approximate surface area is 156 Å². The summed E-state index contributed by atoms with van der Waals surface area (Å²) in [6.45, 7) is 7.05. The first-order valence-electron chi connectivity index (χ1n) is 8.11. The first-order valence-corrected chi connectivity index (χ1v) is 8.49. The molecule has 0 amide bonds. The molecular weight excluding hydrogens is 350 g/mol. The third kappa shape index (κ3) is 2.83. The Kier molecular flexibility index (Phi) is 4.47. The number of rotatable bonds is 2. The number of nitrogens with zero attached hydrogens (tertiary/aromatic N) is 2. The first-order chi connectivity index (χ1) is 12.2. The van der Waals surface area contributed by atoms with E-state index in [1.165, 1.54) is 6.92 Å². The summed E-state index contributed by atoms with van der Waals surface area (Å²) in [5.41, 5.74) is 9.88. The van der Waals surface area contributed by atoms with Gasteiger partial charge in [-0.3, -0.25) is 4.79 Å². The third-order valence-electron chi connectivity index (χ3n) is 4.53. The lowest BCUT2D eigenvalue weighted by atomic mass is 9.81. The topological polar surface area (TPSA) is 89.0 Å². The van der Waals surface area contributed by atoms with Gasteiger partial charge in [-0.15, -0.1) is 0 Å². The highest BCUT2D eigenvalue weighted by Gasteiger charge is 2.35. The fraction of sp³-hybridized carbons (Fsp3) is 0.250. The SMILES string of the molecule is CC(=O)C1=C(C)OC(N)=C(C#N)[C@H]1c1cc2cc(C)cc(C)c2nc1Cl. The fourth-order valence-corrected chi connectivity index (χ4v) is 3.74. The van der Waals surface area contributed by atoms with Crippen molar-refractivity contribution in [2.45, 2.75) is 33.6 Å². The smallest absolute Gasteiger partial charge is 0.205 e. The molecule has 5 nitrogen and oxygen atoms in total. The van der Waals surface area contributed by atoms with E-state index in [1.807, 2.05) is 32.0 Å². The highest BCUT2D eigenvalue weighted by Crippen LogP contribution is 2.42. The molecule has 1 aromatic heterocycles. The second kappa shape index (κ2) is 6.47. The van der Waals surface area contributed by atoms with Gasteiger partial charge in [-0.2, -0.15) is 5.26 Å². The van der Waals surface area contributed by atoms with E-state index in [-0.39, 0.29) is 22.4 Å². The summed E-state index contributed by atoms with van der Waals surface area (Å²) in [4.78, 5) is 16.8. The maximum absolute atomic E-state index is 12.3. The van der Waals surface area contributed by atoms with E-state index in [2.05, 4.69) is 11.1 Å². The van der Waals surface area contributed by atoms with Crippen LogP contribution in [0.15, 0.2) is 41.0 Å². The Morgan fingerprint density at radius 1 is 1.31 bits per heavy atom. The molecule has 0 fully saturated rings. The Balaban J connectivity index is 2.35. The Morgan fingerprint density at radius 3 is 2.62 bits per heavy atom. The van der Waals surface area contributed by atoms with E-state index in [0.29, 0.717) is 16.9 Å². The molecule has 0 saturated carbocycles. The zero-order chi connectivity index (χ0) is 19.2. The van der Waals surface area contributed by atoms with Crippen LogP contribution in [0.5, 0.6) is 0 Å². The minimum absolute atomic E-state index is 0.0170. The lowest BCUT2D eigenvalue weighted by Crippen LogP contribution is -2.23. The number of hydrogen-bond donors (Lipinski definition) is 1. The minimum Gasteiger partial charge on any atom is -0.445 e. The van der Waals surface area contributed by atoms with Crippen LogP contribution < -0.4 is 5.73 Å². The number of hydrogen-bond acceptors (Lipinski definition) is 5. The fourth-order valence-electron chi connectivity index (χ4n) is 3.49. The lowest BCUT2D eigenvalue weighted by Gasteiger charge is -2.27. The molecule has 0 unspecified atom stereocenters. The van der Waals surface area contributed by atoms with E-state index in [1.54, 1.807) is 6.92 Å². The Hall–Kier alpha value is -2.84. The van der Waals surface area contributed by atoms with Crippen molar-refractivity contribution in [1.82, 2.24) is 4.98 Å². The van der Waals surface area contributed by atoms with Crippen molar-refractivity contribution in [2.24, 2.45) is 5.73 Å². The van der Waals surface area contributed by atoms with Crippen LogP contribution in [0.2, 0.25) is 5.15 Å². The molecule has 2 N–H and O–H groups in total. The number of aromatic nitrogens is 1. The van der Waals surface area contributed by atoms with Gasteiger partial charge in [-0.1, -0.05) is 23.2 Å². The predicted octanol–water partition coefficient (Wildman–Crippen LogP) is 4.18. The number of carbonyl (C=O) groups is 1. The summed E-state index contributed by atoms with van der Waals surface area (Å²) >= 11 is 6.48. The zero-order valence-electron chi connectivity index (χ0n) is 15.0. The molecule has 0 spiro atoms. The summed E-state index contributed by atoms with van der Waals surface area (Å²) < 4.78 is 5.41. The van der Waals surface area contributed by atoms with Gasteiger partial charge in [0.15, 0.2) is 5.78 Å². The lowest BCUT2D eigenvalue weighted by molar-refractivity contribution is -0.114. The van der Waals surface area contributed by atoms with Crippen LogP contribution >= 0.6 is 11.6 Å². The maximum atomic E-state index is 12.3. The average Bonchev–Trinajstić information content (AvgIpc) is 2.54. The molecular formula is C20H18ClN3O2. The van der Waals surface area contributed by atoms with Gasteiger partial charge in [-0.25, -0.2) is 4.98 Å². The molecule has 1 aliphatic heterocycles. The van der Waals surface area contributed by atoms with Crippen molar-refractivity contribution in [3.63, 3.8) is 0 Å². The van der Waals surface area contributed by atoms with Gasteiger partial charge >= 0.3 is 0 Å². The minimum atomic E-state index is -0.698. The van der Waals surface area contributed by atoms with Crippen LogP contribution in [0.25, 0.3) is 10.9 Å². The number of ketones is 1. The Bertz CT molecular complexity index is 1060. The summed E-state index contributed by atoms with van der Waals surface area (Å²) in [6.07, 6.45) is 0. The van der Waals surface area contributed by atoms with Gasteiger partial charge in [0.2, 0.25) is 5.88 Å². The molecule has 6 heteroatoms. The average molecular weight is 368 g/mol. The van der Waals surface area contributed by atoms with E-state index >= 15 is 0 Å². The second-order valence-electron chi connectivity index (χ2n) is 6.47. The molecule has 3 rings (SSSR count). The molecule has 0 aliphatic carbocycles. The number of benzene rings is 1. The molecule has 1 aromatic carbocycles. The molecule has 2 heterocycles. The van der Waals surface area contributed by atoms with Crippen LogP contribution in [0, 0.1) is 25.2 Å². The van der Waals surface area contributed by atoms with Crippen LogP contribution in [-0.2, 0) is 9.53 Å². The quantitative estimate of drug-likeness (QED) is 0.804. The molecule has 1 atom stereocenters. The normalized spacial score (nSPS) is 17.3. The second-order valence-corrected chi connectivity index (χ2v) is 6.83. The summed E-state index contributed by atoms with van der Waals surface area (Å²) in [5.74, 6) is -0.548. The van der Waals surface area contributed by atoms with E-state index < -0.39 is 5.92 Å². The molecule has 26 heavy (non-hydrogen) atoms. The highest BCUT2D eigenvalue weighted by atomic mass is 35.5. The predicted molar refractivity (Wildman–Crippen MR) is 100 cm³/mol. The Morgan fingerprint density at radius 2 is 2.00 bits per heavy atom. The first kappa shape index (κ1) is 18.0. The zero-order valence-corrected chi connectivity index (χ0v) is 15.7. The van der Waals surface area contributed by atoms with E-state index in [9.17, 15) is 10.1 Å². The monoisotopic (exact) mass is 367 g/mol. The van der Waals surface area contributed by atoms with Crippen molar-refractivity contribution in [2.75, 3.05) is 0 Å². The summed E-state index contributed by atoms with van der Waals surface area (Å²) in [6, 6.07) is 7.97. The van der Waals surface area contributed by atoms with Crippen LogP contribution in [0.3, 0.4) is 0 Å². The number of Topliss-reactive ketones (excluding diaryl/α,β-unsaturated/α-hetero) is 1. The third-order valence-corrected chi connectivity index (χ3v) is 4.83. The molecule has 1 aliphatic rings. The molecule has 2 aromatic rings. The van der Waals surface area contributed by atoms with Crippen molar-refractivity contribution >= 4 is 28.3 Å². The van der Waals surface area contributed by atoms with Gasteiger partial charge in [0.1, 0.15) is 22.6 Å². The molecule has 0 bridgehead atoms. The van der Waals surface area contributed by atoms with Gasteiger partial charge in [-0.05, 0) is 45.4 Å². The standard InChI is InChI=1S/C20H18ClN3O2/c1-9-5-10(2)18-13(6-9)7-14(19(21)24-18)17-15(8-22)20(23)26-12(4)16(17)11(3)25/h5-7,17H,23H2,1-4H3/t17-/m1/s1. The summed E-state index contributed by atoms with van der Waals surface area (Å²) in [5, 5.41) is 10.7. The van der Waals surface area contributed by atoms with Crippen molar-refractivity contribution < 1.29 is 9.53 Å². The van der Waals surface area contributed by atoms with Crippen molar-refractivity contribution in [3.8, 4) is 6.07 Å². The number of nitriles is 1. The van der Waals surface area contributed by atoms with Crippen molar-refractivity contribution in [1.29, 1.82) is 5.26 Å².